The second-order valence-corrected chi connectivity index (χ2v) is 5.75. The Labute approximate surface area is 84.1 Å². The van der Waals surface area contributed by atoms with Crippen molar-refractivity contribution in [2.45, 2.75) is 30.0 Å². The molecular formula is C9H14BI. The summed E-state index contributed by atoms with van der Waals surface area (Å²) in [5.41, 5.74) is 0. The summed E-state index contributed by atoms with van der Waals surface area (Å²) in [6.45, 7) is 2.40. The Morgan fingerprint density at radius 3 is 2.36 bits per heavy atom. The van der Waals surface area contributed by atoms with E-state index in [0.29, 0.717) is 3.82 Å². The van der Waals surface area contributed by atoms with Gasteiger partial charge in [-0.3, -0.25) is 0 Å². The minimum absolute atomic E-state index is 0.412. The quantitative estimate of drug-likeness (QED) is 0.386. The van der Waals surface area contributed by atoms with Gasteiger partial charge in [0, 0.05) is 0 Å². The lowest BCUT2D eigenvalue weighted by Crippen LogP contribution is -2.23. The number of halogens is 1. The van der Waals surface area contributed by atoms with Gasteiger partial charge >= 0.3 is 0 Å². The molecule has 5 unspecified atom stereocenters. The monoisotopic (exact) mass is 260 g/mol. The summed E-state index contributed by atoms with van der Waals surface area (Å²) in [5.74, 6) is 3.83. The van der Waals surface area contributed by atoms with Crippen molar-refractivity contribution in [2.75, 3.05) is 0 Å². The Morgan fingerprint density at radius 1 is 1.27 bits per heavy atom. The predicted molar refractivity (Wildman–Crippen MR) is 57.0 cm³/mol. The Morgan fingerprint density at radius 2 is 2.00 bits per heavy atom. The van der Waals surface area contributed by atoms with E-state index in [4.69, 9.17) is 7.85 Å². The molecule has 0 aliphatic heterocycles. The molecule has 60 valence electrons. The van der Waals surface area contributed by atoms with Crippen LogP contribution in [-0.4, -0.2) is 11.7 Å². The molecule has 0 aromatic rings. The molecule has 2 heteroatoms. The van der Waals surface area contributed by atoms with E-state index in [0.717, 1.165) is 23.7 Å². The Hall–Kier alpha value is 0.795. The molecule has 2 aliphatic rings. The zero-order valence-electron chi connectivity index (χ0n) is 6.96. The first-order chi connectivity index (χ1) is 5.18. The van der Waals surface area contributed by atoms with Crippen LogP contribution in [-0.2, 0) is 0 Å². The first-order valence-electron chi connectivity index (χ1n) is 4.58. The fourth-order valence-electron chi connectivity index (χ4n) is 3.00. The van der Waals surface area contributed by atoms with Crippen molar-refractivity contribution in [2.24, 2.45) is 23.7 Å². The van der Waals surface area contributed by atoms with E-state index in [9.17, 15) is 0 Å². The van der Waals surface area contributed by atoms with Crippen molar-refractivity contribution >= 4 is 30.4 Å². The van der Waals surface area contributed by atoms with E-state index >= 15 is 0 Å². The molecule has 0 nitrogen and oxygen atoms in total. The van der Waals surface area contributed by atoms with Gasteiger partial charge in [-0.25, -0.2) is 0 Å². The first kappa shape index (κ1) is 8.40. The second kappa shape index (κ2) is 2.93. The average Bonchev–Trinajstić information content (AvgIpc) is 2.43. The highest BCUT2D eigenvalue weighted by Gasteiger charge is 2.44. The third-order valence-corrected chi connectivity index (χ3v) is 4.60. The minimum Gasteiger partial charge on any atom is -0.0929 e. The standard InChI is InChI=1S/C9H14BI/c1-5-2-7-3-6(5)4-8(7)9(10)11/h5-9H,2-4H2,1H3. The average molecular weight is 260 g/mol. The van der Waals surface area contributed by atoms with Crippen molar-refractivity contribution in [3.05, 3.63) is 0 Å². The molecule has 0 heterocycles. The van der Waals surface area contributed by atoms with Crippen LogP contribution in [0, 0.1) is 23.7 Å². The summed E-state index contributed by atoms with van der Waals surface area (Å²) in [5, 5.41) is 0. The van der Waals surface area contributed by atoms with Crippen LogP contribution in [0.3, 0.4) is 0 Å². The molecule has 0 N–H and O–H groups in total. The van der Waals surface area contributed by atoms with Crippen LogP contribution in [0.2, 0.25) is 0 Å². The highest BCUT2D eigenvalue weighted by molar-refractivity contribution is 14.1. The molecule has 2 aliphatic carbocycles. The molecule has 0 amide bonds. The van der Waals surface area contributed by atoms with Crippen molar-refractivity contribution in [3.63, 3.8) is 0 Å². The van der Waals surface area contributed by atoms with E-state index in [2.05, 4.69) is 29.5 Å². The molecule has 0 spiro atoms. The second-order valence-electron chi connectivity index (χ2n) is 4.31. The predicted octanol–water partition coefficient (Wildman–Crippen LogP) is 2.60. The van der Waals surface area contributed by atoms with Crippen molar-refractivity contribution < 1.29 is 0 Å². The summed E-state index contributed by atoms with van der Waals surface area (Å²) >= 11 is 2.39. The van der Waals surface area contributed by atoms with E-state index < -0.39 is 0 Å². The highest BCUT2D eigenvalue weighted by atomic mass is 127. The van der Waals surface area contributed by atoms with Gasteiger partial charge in [-0.05, 0) is 46.8 Å². The molecule has 0 aromatic heterocycles. The van der Waals surface area contributed by atoms with E-state index in [1.807, 2.05) is 0 Å². The van der Waals surface area contributed by atoms with Crippen LogP contribution in [0.15, 0.2) is 0 Å². The van der Waals surface area contributed by atoms with Gasteiger partial charge < -0.3 is 0 Å². The van der Waals surface area contributed by atoms with Gasteiger partial charge in [-0.15, -0.1) is 0 Å². The van der Waals surface area contributed by atoms with Crippen molar-refractivity contribution in [3.8, 4) is 0 Å². The number of hydrogen-bond donors (Lipinski definition) is 0. The number of rotatable bonds is 1. The molecule has 2 radical (unpaired) electrons. The third kappa shape index (κ3) is 1.36. The fraction of sp³-hybridized carbons (Fsp3) is 1.00. The number of hydrogen-bond acceptors (Lipinski definition) is 0. The van der Waals surface area contributed by atoms with E-state index in [1.54, 1.807) is 0 Å². The summed E-state index contributed by atoms with van der Waals surface area (Å²) in [4.78, 5) is 0. The maximum Gasteiger partial charge on any atom is 0.0846 e. The lowest BCUT2D eigenvalue weighted by atomic mass is 9.76. The summed E-state index contributed by atoms with van der Waals surface area (Å²) in [6.07, 6.45) is 4.34. The molecule has 2 bridgehead atoms. The van der Waals surface area contributed by atoms with E-state index in [1.165, 1.54) is 19.3 Å². The topological polar surface area (TPSA) is 0 Å². The SMILES string of the molecule is [B]C(I)C1CC2CC1CC2C. The van der Waals surface area contributed by atoms with Gasteiger partial charge in [0.1, 0.15) is 0 Å². The summed E-state index contributed by atoms with van der Waals surface area (Å²) in [7, 11) is 5.92. The van der Waals surface area contributed by atoms with Gasteiger partial charge in [0.2, 0.25) is 0 Å². The van der Waals surface area contributed by atoms with Gasteiger partial charge in [0.05, 0.1) is 7.85 Å². The van der Waals surface area contributed by atoms with Gasteiger partial charge in [-0.1, -0.05) is 29.5 Å². The van der Waals surface area contributed by atoms with Gasteiger partial charge in [0.15, 0.2) is 0 Å². The lowest BCUT2D eigenvalue weighted by Gasteiger charge is -2.27. The normalized spacial score (nSPS) is 51.5. The highest BCUT2D eigenvalue weighted by Crippen LogP contribution is 2.53. The smallest absolute Gasteiger partial charge is 0.0846 e. The molecule has 0 saturated heterocycles. The summed E-state index contributed by atoms with van der Waals surface area (Å²) < 4.78 is 0.412. The van der Waals surface area contributed by atoms with Crippen LogP contribution in [0.5, 0.6) is 0 Å². The third-order valence-electron chi connectivity index (χ3n) is 3.67. The van der Waals surface area contributed by atoms with Crippen molar-refractivity contribution in [1.82, 2.24) is 0 Å². The minimum atomic E-state index is 0.412. The van der Waals surface area contributed by atoms with E-state index in [-0.39, 0.29) is 0 Å². The zero-order valence-corrected chi connectivity index (χ0v) is 9.12. The number of fused-ring (bicyclic) bond motifs is 2. The zero-order chi connectivity index (χ0) is 8.01. The fourth-order valence-corrected chi connectivity index (χ4v) is 3.88. The van der Waals surface area contributed by atoms with Gasteiger partial charge in [-0.2, -0.15) is 0 Å². The maximum absolute atomic E-state index is 5.92. The number of alkyl halides is 1. The Kier molecular flexibility index (Phi) is 2.24. The van der Waals surface area contributed by atoms with Crippen LogP contribution in [0.4, 0.5) is 0 Å². The molecule has 11 heavy (non-hydrogen) atoms. The largest absolute Gasteiger partial charge is 0.0929 e. The Balaban J connectivity index is 2.02. The molecular weight excluding hydrogens is 246 g/mol. The summed E-state index contributed by atoms with van der Waals surface area (Å²) in [6, 6.07) is 0. The van der Waals surface area contributed by atoms with Crippen molar-refractivity contribution in [1.29, 1.82) is 0 Å². The van der Waals surface area contributed by atoms with Crippen LogP contribution in [0.1, 0.15) is 26.2 Å². The molecule has 0 aromatic carbocycles. The van der Waals surface area contributed by atoms with Crippen LogP contribution < -0.4 is 0 Å². The molecule has 2 fully saturated rings. The molecule has 2 saturated carbocycles. The van der Waals surface area contributed by atoms with Gasteiger partial charge in [0.25, 0.3) is 0 Å². The Bertz CT molecular complexity index is 156. The molecule has 5 atom stereocenters. The molecule has 2 rings (SSSR count). The first-order valence-corrected chi connectivity index (χ1v) is 5.82. The van der Waals surface area contributed by atoms with Crippen LogP contribution >= 0.6 is 22.6 Å². The lowest BCUT2D eigenvalue weighted by molar-refractivity contribution is 0.287. The maximum atomic E-state index is 5.92. The van der Waals surface area contributed by atoms with Crippen LogP contribution in [0.25, 0.3) is 0 Å².